The van der Waals surface area contributed by atoms with Crippen LogP contribution in [0.5, 0.6) is 11.5 Å². The van der Waals surface area contributed by atoms with Crippen molar-refractivity contribution in [1.29, 1.82) is 0 Å². The van der Waals surface area contributed by atoms with Crippen LogP contribution < -0.4 is 0 Å². The van der Waals surface area contributed by atoms with E-state index in [0.29, 0.717) is 0 Å². The molecule has 0 radical (unpaired) electrons. The first kappa shape index (κ1) is 21.8. The quantitative estimate of drug-likeness (QED) is 0.460. The van der Waals surface area contributed by atoms with E-state index in [1.165, 1.54) is 66.7 Å². The lowest BCUT2D eigenvalue weighted by molar-refractivity contribution is -0.188. The minimum Gasteiger partial charge on any atom is -0.507 e. The highest BCUT2D eigenvalue weighted by atomic mass is 17.2. The normalized spacial score (nSPS) is 10.0. The zero-order valence-corrected chi connectivity index (χ0v) is 16.1. The van der Waals surface area contributed by atoms with Gasteiger partial charge < -0.3 is 10.2 Å². The second kappa shape index (κ2) is 9.76. The van der Waals surface area contributed by atoms with Crippen molar-refractivity contribution >= 4 is 23.9 Å². The van der Waals surface area contributed by atoms with Crippen molar-refractivity contribution in [2.45, 2.75) is 0 Å². The number of aromatic hydroxyl groups is 2. The van der Waals surface area contributed by atoms with Crippen LogP contribution >= 0.6 is 0 Å². The predicted molar refractivity (Wildman–Crippen MR) is 104 cm³/mol. The molecule has 0 aliphatic heterocycles. The number of rotatable bonds is 4. The molecular weight excluding hydrogens is 424 g/mol. The molecule has 0 aromatic heterocycles. The Hall–Kier alpha value is -4.86. The molecule has 162 valence electrons. The molecule has 32 heavy (non-hydrogen) atoms. The zero-order valence-electron chi connectivity index (χ0n) is 16.1. The summed E-state index contributed by atoms with van der Waals surface area (Å²) in [6.45, 7) is 0. The summed E-state index contributed by atoms with van der Waals surface area (Å²) in [5.41, 5.74) is -0.805. The first-order valence-corrected chi connectivity index (χ1v) is 8.89. The number of benzene rings is 3. The number of hydrogen-bond donors (Lipinski definition) is 2. The lowest BCUT2D eigenvalue weighted by atomic mass is 10.1. The molecule has 3 aromatic carbocycles. The van der Waals surface area contributed by atoms with E-state index in [2.05, 4.69) is 19.6 Å². The van der Waals surface area contributed by atoms with E-state index in [-0.39, 0.29) is 33.8 Å². The summed E-state index contributed by atoms with van der Waals surface area (Å²) in [6, 6.07) is 15.8. The Bertz CT molecular complexity index is 1100. The summed E-state index contributed by atoms with van der Waals surface area (Å²) in [5, 5.41) is 19.2. The molecule has 0 fully saturated rings. The molecule has 0 saturated carbocycles. The molecule has 0 bridgehead atoms. The van der Waals surface area contributed by atoms with Crippen molar-refractivity contribution in [3.05, 3.63) is 95.1 Å². The molecule has 0 spiro atoms. The van der Waals surface area contributed by atoms with Gasteiger partial charge in [0.2, 0.25) is 0 Å². The van der Waals surface area contributed by atoms with Gasteiger partial charge in [0.1, 0.15) is 22.6 Å². The van der Waals surface area contributed by atoms with Crippen LogP contribution in [0.15, 0.2) is 72.8 Å². The Kier molecular flexibility index (Phi) is 6.66. The summed E-state index contributed by atoms with van der Waals surface area (Å²) < 4.78 is 0. The summed E-state index contributed by atoms with van der Waals surface area (Å²) >= 11 is 0. The Morgan fingerprint density at radius 2 is 0.875 bits per heavy atom. The van der Waals surface area contributed by atoms with Crippen LogP contribution in [-0.2, 0) is 19.6 Å². The van der Waals surface area contributed by atoms with Gasteiger partial charge in [-0.05, 0) is 42.5 Å². The summed E-state index contributed by atoms with van der Waals surface area (Å²) in [5.74, 6) is -5.18. The third-order valence-electron chi connectivity index (χ3n) is 3.97. The standard InChI is InChI=1S/C22H14O10/c23-17-10-3-1-8-15(17)21(27)31-29-19(25)13-6-5-7-14(12-13)20(26)30-32-22(28)16-9-2-4-11-18(16)24/h1-12,23-24H. The fraction of sp³-hybridized carbons (Fsp3) is 0. The molecule has 0 unspecified atom stereocenters. The predicted octanol–water partition coefficient (Wildman–Crippen LogP) is 2.96. The van der Waals surface area contributed by atoms with Crippen molar-refractivity contribution in [3.8, 4) is 11.5 Å². The second-order valence-corrected chi connectivity index (χ2v) is 6.10. The van der Waals surface area contributed by atoms with Gasteiger partial charge >= 0.3 is 23.9 Å². The third-order valence-corrected chi connectivity index (χ3v) is 3.97. The molecule has 0 aliphatic rings. The monoisotopic (exact) mass is 438 g/mol. The number of hydrogen-bond acceptors (Lipinski definition) is 10. The minimum absolute atomic E-state index is 0.184. The van der Waals surface area contributed by atoms with Gasteiger partial charge in [-0.1, -0.05) is 30.3 Å². The highest BCUT2D eigenvalue weighted by Gasteiger charge is 2.20. The van der Waals surface area contributed by atoms with Crippen LogP contribution in [0.1, 0.15) is 41.4 Å². The fourth-order valence-electron chi connectivity index (χ4n) is 2.40. The van der Waals surface area contributed by atoms with Gasteiger partial charge in [-0.2, -0.15) is 0 Å². The maximum Gasteiger partial charge on any atom is 0.390 e. The average Bonchev–Trinajstić information content (AvgIpc) is 2.81. The maximum atomic E-state index is 12.1. The van der Waals surface area contributed by atoms with Crippen LogP contribution in [0, 0.1) is 0 Å². The summed E-state index contributed by atoms with van der Waals surface area (Å²) in [7, 11) is 0. The van der Waals surface area contributed by atoms with Crippen LogP contribution in [0.3, 0.4) is 0 Å². The van der Waals surface area contributed by atoms with Crippen molar-refractivity contribution in [1.82, 2.24) is 0 Å². The molecule has 0 saturated heterocycles. The van der Waals surface area contributed by atoms with Crippen molar-refractivity contribution in [3.63, 3.8) is 0 Å². The van der Waals surface area contributed by atoms with E-state index in [0.717, 1.165) is 6.07 Å². The largest absolute Gasteiger partial charge is 0.507 e. The molecule has 2 N–H and O–H groups in total. The molecule has 10 nitrogen and oxygen atoms in total. The third kappa shape index (κ3) is 5.19. The van der Waals surface area contributed by atoms with Gasteiger partial charge in [-0.15, -0.1) is 0 Å². The maximum absolute atomic E-state index is 12.1. The molecular formula is C22H14O10. The number of para-hydroxylation sites is 2. The zero-order chi connectivity index (χ0) is 23.1. The van der Waals surface area contributed by atoms with Gasteiger partial charge in [0.05, 0.1) is 11.1 Å². The molecule has 10 heteroatoms. The molecule has 0 heterocycles. The van der Waals surface area contributed by atoms with Gasteiger partial charge in [0.25, 0.3) is 0 Å². The fourth-order valence-corrected chi connectivity index (χ4v) is 2.40. The SMILES string of the molecule is O=C(OOC(=O)c1ccccc1O)c1cccc(C(=O)OOC(=O)c2ccccc2O)c1. The summed E-state index contributed by atoms with van der Waals surface area (Å²) in [6.07, 6.45) is 0. The van der Waals surface area contributed by atoms with Gasteiger partial charge in [-0.25, -0.2) is 38.7 Å². The number of carbonyl (C=O) groups excluding carboxylic acids is 4. The molecule has 3 rings (SSSR count). The Morgan fingerprint density at radius 3 is 1.28 bits per heavy atom. The highest BCUT2D eigenvalue weighted by Crippen LogP contribution is 2.18. The van der Waals surface area contributed by atoms with Gasteiger partial charge in [0.15, 0.2) is 0 Å². The lowest BCUT2D eigenvalue weighted by Crippen LogP contribution is -2.14. The van der Waals surface area contributed by atoms with Crippen LogP contribution in [0.4, 0.5) is 0 Å². The first-order valence-electron chi connectivity index (χ1n) is 8.89. The van der Waals surface area contributed by atoms with Crippen molar-refractivity contribution < 1.29 is 48.9 Å². The van der Waals surface area contributed by atoms with E-state index in [1.807, 2.05) is 0 Å². The van der Waals surface area contributed by atoms with Gasteiger partial charge in [0, 0.05) is 0 Å². The number of phenolic OH excluding ortho intramolecular Hbond substituents is 2. The topological polar surface area (TPSA) is 146 Å². The second-order valence-electron chi connectivity index (χ2n) is 6.10. The first-order chi connectivity index (χ1) is 15.4. The van der Waals surface area contributed by atoms with Crippen LogP contribution in [0.2, 0.25) is 0 Å². The Morgan fingerprint density at radius 1 is 0.500 bits per heavy atom. The van der Waals surface area contributed by atoms with E-state index in [1.54, 1.807) is 0 Å². The van der Waals surface area contributed by atoms with E-state index in [9.17, 15) is 29.4 Å². The Balaban J connectivity index is 1.59. The smallest absolute Gasteiger partial charge is 0.390 e. The van der Waals surface area contributed by atoms with Crippen molar-refractivity contribution in [2.75, 3.05) is 0 Å². The van der Waals surface area contributed by atoms with Crippen LogP contribution in [0.25, 0.3) is 0 Å². The number of carbonyl (C=O) groups is 4. The molecule has 0 aliphatic carbocycles. The molecule has 0 amide bonds. The van der Waals surface area contributed by atoms with E-state index >= 15 is 0 Å². The van der Waals surface area contributed by atoms with E-state index < -0.39 is 23.9 Å². The average molecular weight is 438 g/mol. The lowest BCUT2D eigenvalue weighted by Gasteiger charge is -2.06. The molecule has 3 aromatic rings. The van der Waals surface area contributed by atoms with Crippen LogP contribution in [-0.4, -0.2) is 34.1 Å². The van der Waals surface area contributed by atoms with E-state index in [4.69, 9.17) is 0 Å². The highest BCUT2D eigenvalue weighted by molar-refractivity contribution is 5.97. The molecule has 0 atom stereocenters. The number of phenols is 2. The van der Waals surface area contributed by atoms with Gasteiger partial charge in [-0.3, -0.25) is 0 Å². The van der Waals surface area contributed by atoms with Crippen molar-refractivity contribution in [2.24, 2.45) is 0 Å². The Labute approximate surface area is 180 Å². The summed E-state index contributed by atoms with van der Waals surface area (Å²) in [4.78, 5) is 65.6. The minimum atomic E-state index is -1.12.